The van der Waals surface area contributed by atoms with E-state index in [0.717, 1.165) is 0 Å². The van der Waals surface area contributed by atoms with Gasteiger partial charge in [-0.15, -0.1) is 0 Å². The van der Waals surface area contributed by atoms with Gasteiger partial charge in [-0.1, -0.05) is 6.92 Å². The van der Waals surface area contributed by atoms with Crippen molar-refractivity contribution in [2.75, 3.05) is 13.2 Å². The zero-order valence-corrected chi connectivity index (χ0v) is 18.0. The molecule has 136 valence electrons. The zero-order chi connectivity index (χ0) is 18.5. The van der Waals surface area contributed by atoms with Crippen LogP contribution < -0.4 is 58.2 Å². The van der Waals surface area contributed by atoms with Gasteiger partial charge in [-0.05, 0) is 0 Å². The number of halogens is 7. The molecule has 0 aromatic rings. The summed E-state index contributed by atoms with van der Waals surface area (Å²) < 4.78 is 94.3. The molecule has 0 radical (unpaired) electrons. The molecule has 0 heterocycles. The number of carbonyl (C=O) groups excluding carboxylic acids is 2. The van der Waals surface area contributed by atoms with Crippen LogP contribution in [0.5, 0.6) is 0 Å². The first kappa shape index (κ1) is 26.4. The monoisotopic (exact) mass is 440 g/mol. The Hall–Kier alpha value is 0.125. The van der Waals surface area contributed by atoms with E-state index in [1.54, 1.807) is 6.92 Å². The number of esters is 2. The molecule has 0 atom stereocenters. The van der Waals surface area contributed by atoms with Gasteiger partial charge in [-0.2, -0.15) is 44.1 Å². The maximum atomic E-state index is 12.8. The van der Waals surface area contributed by atoms with Crippen molar-refractivity contribution in [3.05, 3.63) is 5.92 Å². The van der Waals surface area contributed by atoms with Crippen LogP contribution in [0.3, 0.4) is 0 Å². The summed E-state index contributed by atoms with van der Waals surface area (Å²) in [7, 11) is 0. The Balaban J connectivity index is 0. The normalized spacial score (nSPS) is 12.2. The van der Waals surface area contributed by atoms with Crippen molar-refractivity contribution in [3.63, 3.8) is 0 Å². The predicted octanol–water partition coefficient (Wildman–Crippen LogP) is 0.304. The molecule has 0 aliphatic carbocycles. The summed E-state index contributed by atoms with van der Waals surface area (Å²) in [5, 5.41) is 0. The van der Waals surface area contributed by atoms with Crippen LogP contribution in [0.2, 0.25) is 0 Å². The predicted molar refractivity (Wildman–Crippen MR) is 61.7 cm³/mol. The standard InChI is InChI=1S/C12H14F7O4.Rb/c1-3-7(2)9(21)22-5-4-8(20)23-6-10(13,14)11(15,16)12(17,18)19;/h3-6H2,1-2H3;/q-1;+1. The number of rotatable bonds is 8. The van der Waals surface area contributed by atoms with Crippen molar-refractivity contribution in [3.8, 4) is 0 Å². The van der Waals surface area contributed by atoms with E-state index in [0.29, 0.717) is 12.3 Å². The SMILES string of the molecule is CC[C-](C)C(=O)OCCC(=O)OCC(F)(F)C(F)(F)C(F)(F)F.[Rb+]. The Bertz CT molecular complexity index is 426. The minimum Gasteiger partial charge on any atom is -0.487 e. The van der Waals surface area contributed by atoms with E-state index in [1.807, 2.05) is 0 Å². The molecule has 0 aromatic carbocycles. The summed E-state index contributed by atoms with van der Waals surface area (Å²) in [6, 6.07) is 0. The van der Waals surface area contributed by atoms with Crippen molar-refractivity contribution >= 4 is 11.9 Å². The molecule has 0 aliphatic heterocycles. The van der Waals surface area contributed by atoms with Gasteiger partial charge in [0.2, 0.25) is 0 Å². The van der Waals surface area contributed by atoms with Gasteiger partial charge in [-0.3, -0.25) is 15.5 Å². The Morgan fingerprint density at radius 3 is 1.92 bits per heavy atom. The third-order valence-corrected chi connectivity index (χ3v) is 2.65. The van der Waals surface area contributed by atoms with Crippen LogP contribution in [-0.4, -0.2) is 43.2 Å². The van der Waals surface area contributed by atoms with E-state index < -0.39 is 49.6 Å². The van der Waals surface area contributed by atoms with Crippen LogP contribution in [0.25, 0.3) is 0 Å². The van der Waals surface area contributed by atoms with Gasteiger partial charge in [-0.25, -0.2) is 0 Å². The van der Waals surface area contributed by atoms with Gasteiger partial charge in [0, 0.05) is 0 Å². The molecule has 24 heavy (non-hydrogen) atoms. The molecule has 12 heteroatoms. The second-order valence-corrected chi connectivity index (χ2v) is 4.46. The Morgan fingerprint density at radius 2 is 1.50 bits per heavy atom. The smallest absolute Gasteiger partial charge is 0.487 e. The number of ether oxygens (including phenoxy) is 2. The summed E-state index contributed by atoms with van der Waals surface area (Å²) in [6.45, 7) is 0.0524. The molecule has 0 saturated carbocycles. The molecule has 0 unspecified atom stereocenters. The van der Waals surface area contributed by atoms with Crippen molar-refractivity contribution in [1.29, 1.82) is 0 Å². The summed E-state index contributed by atoms with van der Waals surface area (Å²) in [4.78, 5) is 22.2. The zero-order valence-electron chi connectivity index (χ0n) is 13.1. The van der Waals surface area contributed by atoms with Gasteiger partial charge in [0.05, 0.1) is 13.0 Å². The fraction of sp³-hybridized carbons (Fsp3) is 0.750. The summed E-state index contributed by atoms with van der Waals surface area (Å²) in [5.74, 6) is -13.9. The molecule has 0 amide bonds. The van der Waals surface area contributed by atoms with E-state index in [2.05, 4.69) is 9.47 Å². The average Bonchev–Trinajstić information content (AvgIpc) is 2.42. The molecule has 0 N–H and O–H groups in total. The van der Waals surface area contributed by atoms with Gasteiger partial charge < -0.3 is 9.47 Å². The number of carbonyl (C=O) groups is 2. The van der Waals surface area contributed by atoms with Crippen LogP contribution >= 0.6 is 0 Å². The van der Waals surface area contributed by atoms with Crippen molar-refractivity contribution in [2.45, 2.75) is 44.7 Å². The number of hydrogen-bond acceptors (Lipinski definition) is 4. The third-order valence-electron chi connectivity index (χ3n) is 2.65. The molecule has 0 aliphatic rings. The van der Waals surface area contributed by atoms with Crippen molar-refractivity contribution < 1.29 is 108 Å². The molecule has 0 saturated heterocycles. The number of alkyl halides is 7. The molecule has 4 nitrogen and oxygen atoms in total. The fourth-order valence-electron chi connectivity index (χ4n) is 1.04. The number of hydrogen-bond donors (Lipinski definition) is 0. The first-order valence-electron chi connectivity index (χ1n) is 6.23. The van der Waals surface area contributed by atoms with Crippen LogP contribution in [0.1, 0.15) is 26.7 Å². The topological polar surface area (TPSA) is 52.6 Å². The molecule has 0 fully saturated rings. The first-order valence-corrected chi connectivity index (χ1v) is 6.23. The largest absolute Gasteiger partial charge is 1.00 e. The second kappa shape index (κ2) is 10.3. The van der Waals surface area contributed by atoms with E-state index >= 15 is 0 Å². The van der Waals surface area contributed by atoms with Crippen LogP contribution in [0, 0.1) is 5.92 Å². The van der Waals surface area contributed by atoms with Gasteiger partial charge >= 0.3 is 82.2 Å². The summed E-state index contributed by atoms with van der Waals surface area (Å²) in [5.41, 5.74) is 0. The quantitative estimate of drug-likeness (QED) is 0.310. The maximum absolute atomic E-state index is 12.8. The Kier molecular flexibility index (Phi) is 11.3. The molecular weight excluding hydrogens is 427 g/mol. The molecule has 0 bridgehead atoms. The fourth-order valence-corrected chi connectivity index (χ4v) is 1.04. The van der Waals surface area contributed by atoms with Gasteiger partial charge in [0.1, 0.15) is 0 Å². The Labute approximate surface area is 182 Å². The van der Waals surface area contributed by atoms with Crippen molar-refractivity contribution in [1.82, 2.24) is 0 Å². The molecule has 0 spiro atoms. The molecule has 0 rings (SSSR count). The maximum Gasteiger partial charge on any atom is 1.00 e. The van der Waals surface area contributed by atoms with Crippen LogP contribution in [0.4, 0.5) is 30.7 Å². The summed E-state index contributed by atoms with van der Waals surface area (Å²) >= 11 is 0. The average molecular weight is 441 g/mol. The molecule has 0 aromatic heterocycles. The second-order valence-electron chi connectivity index (χ2n) is 4.46. The van der Waals surface area contributed by atoms with E-state index in [9.17, 15) is 40.3 Å². The van der Waals surface area contributed by atoms with Gasteiger partial charge in [0.15, 0.2) is 12.6 Å². The van der Waals surface area contributed by atoms with Crippen LogP contribution in [-0.2, 0) is 19.1 Å². The summed E-state index contributed by atoms with van der Waals surface area (Å²) in [6.07, 6.45) is -6.90. The van der Waals surface area contributed by atoms with E-state index in [4.69, 9.17) is 0 Å². The minimum absolute atomic E-state index is 0. The first-order chi connectivity index (χ1) is 10.3. The van der Waals surface area contributed by atoms with Crippen molar-refractivity contribution in [2.24, 2.45) is 0 Å². The third kappa shape index (κ3) is 7.57. The Morgan fingerprint density at radius 1 is 1.00 bits per heavy atom. The van der Waals surface area contributed by atoms with E-state index in [1.165, 1.54) is 6.92 Å². The minimum atomic E-state index is -6.49. The van der Waals surface area contributed by atoms with Crippen LogP contribution in [0.15, 0.2) is 0 Å². The van der Waals surface area contributed by atoms with E-state index in [-0.39, 0.29) is 58.2 Å². The van der Waals surface area contributed by atoms with Gasteiger partial charge in [0.25, 0.3) is 0 Å². The molecular formula is C12H14F7O4Rb.